The predicted molar refractivity (Wildman–Crippen MR) is 81.1 cm³/mol. The molecule has 124 valence electrons. The third kappa shape index (κ3) is 4.65. The van der Waals surface area contributed by atoms with Crippen molar-refractivity contribution in [3.05, 3.63) is 28.7 Å². The van der Waals surface area contributed by atoms with Gasteiger partial charge in [-0.25, -0.2) is 12.7 Å². The maximum atomic E-state index is 12.0. The molecule has 22 heavy (non-hydrogen) atoms. The van der Waals surface area contributed by atoms with Gasteiger partial charge >= 0.3 is 0 Å². The van der Waals surface area contributed by atoms with E-state index in [1.807, 2.05) is 0 Å². The molecule has 0 unspecified atom stereocenters. The lowest BCUT2D eigenvalue weighted by molar-refractivity contribution is -0.122. The zero-order valence-electron chi connectivity index (χ0n) is 13.1. The van der Waals surface area contributed by atoms with Crippen LogP contribution in [0.2, 0.25) is 0 Å². The van der Waals surface area contributed by atoms with E-state index in [0.717, 1.165) is 21.1 Å². The number of ether oxygens (including phenoxy) is 1. The van der Waals surface area contributed by atoms with E-state index in [-0.39, 0.29) is 17.5 Å². The molecule has 0 aliphatic rings. The summed E-state index contributed by atoms with van der Waals surface area (Å²) in [6, 6.07) is 2.14. The molecule has 1 amide bonds. The number of nitrogens with zero attached hydrogens (tertiary/aromatic N) is 2. The normalized spacial score (nSPS) is 13.1. The van der Waals surface area contributed by atoms with Crippen molar-refractivity contribution in [2.75, 3.05) is 27.8 Å². The van der Waals surface area contributed by atoms with Crippen molar-refractivity contribution in [2.45, 2.75) is 24.4 Å². The van der Waals surface area contributed by atoms with E-state index >= 15 is 0 Å². The van der Waals surface area contributed by atoms with Crippen LogP contribution in [0.5, 0.6) is 0 Å². The van der Waals surface area contributed by atoms with Gasteiger partial charge in [-0.2, -0.15) is 0 Å². The van der Waals surface area contributed by atoms with Crippen LogP contribution in [0.15, 0.2) is 28.0 Å². The Morgan fingerprint density at radius 1 is 1.41 bits per heavy atom. The second kappa shape index (κ2) is 7.52. The van der Waals surface area contributed by atoms with Crippen molar-refractivity contribution in [1.29, 1.82) is 0 Å². The van der Waals surface area contributed by atoms with Crippen LogP contribution in [0.3, 0.4) is 0 Å². The van der Waals surface area contributed by atoms with Gasteiger partial charge in [0, 0.05) is 39.5 Å². The zero-order valence-corrected chi connectivity index (χ0v) is 13.9. The van der Waals surface area contributed by atoms with Crippen molar-refractivity contribution in [1.82, 2.24) is 14.2 Å². The number of sulfonamides is 1. The number of hydrogen-bond acceptors (Lipinski definition) is 5. The Labute approximate surface area is 129 Å². The largest absolute Gasteiger partial charge is 0.383 e. The Kier molecular flexibility index (Phi) is 6.27. The molecule has 0 saturated heterocycles. The molecule has 0 spiro atoms. The van der Waals surface area contributed by atoms with Crippen molar-refractivity contribution in [3.63, 3.8) is 0 Å². The first-order valence-corrected chi connectivity index (χ1v) is 8.03. The predicted octanol–water partition coefficient (Wildman–Crippen LogP) is -0.750. The quantitative estimate of drug-likeness (QED) is 0.709. The van der Waals surface area contributed by atoms with Crippen molar-refractivity contribution in [3.8, 4) is 0 Å². The molecule has 1 atom stereocenters. The maximum absolute atomic E-state index is 12.0. The van der Waals surface area contributed by atoms with Gasteiger partial charge in [0.25, 0.3) is 5.56 Å². The Hall–Kier alpha value is -1.71. The summed E-state index contributed by atoms with van der Waals surface area (Å²) in [7, 11) is 0.640. The van der Waals surface area contributed by atoms with E-state index in [4.69, 9.17) is 4.74 Å². The summed E-state index contributed by atoms with van der Waals surface area (Å²) in [5.41, 5.74) is -0.452. The molecule has 0 bridgehead atoms. The summed E-state index contributed by atoms with van der Waals surface area (Å²) in [4.78, 5) is 23.6. The minimum atomic E-state index is -3.66. The summed E-state index contributed by atoms with van der Waals surface area (Å²) in [6.07, 6.45) is 1.16. The van der Waals surface area contributed by atoms with E-state index in [1.54, 1.807) is 6.92 Å². The number of carbonyl (C=O) groups excluding carboxylic acids is 1. The van der Waals surface area contributed by atoms with Gasteiger partial charge in [0.05, 0.1) is 11.5 Å². The smallest absolute Gasteiger partial charge is 0.251 e. The molecule has 0 fully saturated rings. The van der Waals surface area contributed by atoms with Gasteiger partial charge in [0.1, 0.15) is 6.54 Å². The minimum absolute atomic E-state index is 0.0464. The molecule has 0 aliphatic heterocycles. The molecule has 1 rings (SSSR count). The fraction of sp³-hybridized carbons (Fsp3) is 0.538. The average molecular weight is 331 g/mol. The lowest BCUT2D eigenvalue weighted by Crippen LogP contribution is -2.39. The van der Waals surface area contributed by atoms with Crippen LogP contribution in [0.4, 0.5) is 0 Å². The standard InChI is InChI=1S/C13H21N3O5S/c1-10(9-21-4)14-12(17)8-16-7-11(5-6-13(16)18)22(19,20)15(2)3/h5-7,10H,8-9H2,1-4H3,(H,14,17)/t10-/m1/s1. The van der Waals surface area contributed by atoms with Gasteiger partial charge in [0.15, 0.2) is 0 Å². The third-order valence-corrected chi connectivity index (χ3v) is 4.67. The zero-order chi connectivity index (χ0) is 16.9. The highest BCUT2D eigenvalue weighted by atomic mass is 32.2. The van der Waals surface area contributed by atoms with Crippen LogP contribution in [0, 0.1) is 0 Å². The first-order chi connectivity index (χ1) is 10.2. The van der Waals surface area contributed by atoms with Gasteiger partial charge in [-0.15, -0.1) is 0 Å². The van der Waals surface area contributed by atoms with E-state index in [2.05, 4.69) is 5.32 Å². The van der Waals surface area contributed by atoms with Crippen LogP contribution in [0.1, 0.15) is 6.92 Å². The Morgan fingerprint density at radius 2 is 2.05 bits per heavy atom. The second-order valence-corrected chi connectivity index (χ2v) is 7.19. The lowest BCUT2D eigenvalue weighted by Gasteiger charge is -2.15. The van der Waals surface area contributed by atoms with E-state index in [0.29, 0.717) is 6.61 Å². The molecule has 0 saturated carbocycles. The first kappa shape index (κ1) is 18.3. The Morgan fingerprint density at radius 3 is 2.59 bits per heavy atom. The topological polar surface area (TPSA) is 97.7 Å². The monoisotopic (exact) mass is 331 g/mol. The molecular formula is C13H21N3O5S. The number of nitrogens with one attached hydrogen (secondary N) is 1. The van der Waals surface area contributed by atoms with Gasteiger partial charge in [0.2, 0.25) is 15.9 Å². The number of carbonyl (C=O) groups is 1. The van der Waals surface area contributed by atoms with Crippen LogP contribution >= 0.6 is 0 Å². The van der Waals surface area contributed by atoms with Gasteiger partial charge in [-0.05, 0) is 13.0 Å². The summed E-state index contributed by atoms with van der Waals surface area (Å²) in [6.45, 7) is 1.84. The number of methoxy groups -OCH3 is 1. The SMILES string of the molecule is COC[C@@H](C)NC(=O)Cn1cc(S(=O)(=O)N(C)C)ccc1=O. The first-order valence-electron chi connectivity index (χ1n) is 6.59. The van der Waals surface area contributed by atoms with Gasteiger partial charge < -0.3 is 14.6 Å². The summed E-state index contributed by atoms with van der Waals surface area (Å²) in [5, 5.41) is 2.65. The van der Waals surface area contributed by atoms with Crippen LogP contribution in [-0.4, -0.2) is 57.1 Å². The molecule has 0 aromatic carbocycles. The van der Waals surface area contributed by atoms with E-state index in [9.17, 15) is 18.0 Å². The number of pyridine rings is 1. The molecule has 0 aliphatic carbocycles. The minimum Gasteiger partial charge on any atom is -0.383 e. The molecule has 1 N–H and O–H groups in total. The molecule has 9 heteroatoms. The molecule has 1 aromatic heterocycles. The van der Waals surface area contributed by atoms with Crippen LogP contribution in [0.25, 0.3) is 0 Å². The average Bonchev–Trinajstić information content (AvgIpc) is 2.40. The van der Waals surface area contributed by atoms with Crippen LogP contribution < -0.4 is 10.9 Å². The second-order valence-electron chi connectivity index (χ2n) is 5.04. The van der Waals surface area contributed by atoms with Crippen molar-refractivity contribution >= 4 is 15.9 Å². The molecule has 0 radical (unpaired) electrons. The highest BCUT2D eigenvalue weighted by Crippen LogP contribution is 2.10. The Balaban J connectivity index is 2.97. The number of hydrogen-bond donors (Lipinski definition) is 1. The highest BCUT2D eigenvalue weighted by molar-refractivity contribution is 7.89. The summed E-state index contributed by atoms with van der Waals surface area (Å²) >= 11 is 0. The number of rotatable bonds is 7. The van der Waals surface area contributed by atoms with E-state index in [1.165, 1.54) is 27.3 Å². The van der Waals surface area contributed by atoms with E-state index < -0.39 is 21.5 Å². The number of amides is 1. The van der Waals surface area contributed by atoms with Crippen molar-refractivity contribution in [2.24, 2.45) is 0 Å². The third-order valence-electron chi connectivity index (χ3n) is 2.87. The molecule has 8 nitrogen and oxygen atoms in total. The summed E-state index contributed by atoms with van der Waals surface area (Å²) < 4.78 is 31.1. The van der Waals surface area contributed by atoms with Crippen LogP contribution in [-0.2, 0) is 26.1 Å². The maximum Gasteiger partial charge on any atom is 0.251 e. The van der Waals surface area contributed by atoms with Gasteiger partial charge in [-0.3, -0.25) is 9.59 Å². The highest BCUT2D eigenvalue weighted by Gasteiger charge is 2.18. The van der Waals surface area contributed by atoms with Gasteiger partial charge in [-0.1, -0.05) is 0 Å². The fourth-order valence-electron chi connectivity index (χ4n) is 1.76. The lowest BCUT2D eigenvalue weighted by atomic mass is 10.3. The molecular weight excluding hydrogens is 310 g/mol. The molecule has 1 heterocycles. The molecule has 1 aromatic rings. The van der Waals surface area contributed by atoms with Crippen molar-refractivity contribution < 1.29 is 17.9 Å². The fourth-order valence-corrected chi connectivity index (χ4v) is 2.69. The number of aromatic nitrogens is 1. The summed E-state index contributed by atoms with van der Waals surface area (Å²) in [5.74, 6) is -0.397. The Bertz CT molecular complexity index is 681.